The molecule has 2 aromatic rings. The third-order valence-corrected chi connectivity index (χ3v) is 7.92. The molecule has 2 aromatic carbocycles. The average molecular weight is 521 g/mol. The van der Waals surface area contributed by atoms with Crippen molar-refractivity contribution in [1.29, 1.82) is 0 Å². The summed E-state index contributed by atoms with van der Waals surface area (Å²) in [4.78, 5) is 12.0. The molecule has 6 nitrogen and oxygen atoms in total. The molecule has 3 rings (SSSR count). The van der Waals surface area contributed by atoms with Gasteiger partial charge in [-0.05, 0) is 45.8 Å². The van der Waals surface area contributed by atoms with Gasteiger partial charge in [0.15, 0.2) is 18.1 Å². The minimum absolute atomic E-state index is 0.132. The Morgan fingerprint density at radius 2 is 2.00 bits per heavy atom. The van der Waals surface area contributed by atoms with Gasteiger partial charge in [0.2, 0.25) is 0 Å². The molecule has 0 saturated carbocycles. The second kappa shape index (κ2) is 11.9. The third kappa shape index (κ3) is 6.86. The molecule has 0 atom stereocenters. The SMILES string of the molecule is C#CCOc1cc(Br)c(/C=N\NC(=O)COc2ccc(C3SCCS3)cc2)cc1OC. The molecule has 1 aliphatic rings. The van der Waals surface area contributed by atoms with E-state index in [2.05, 4.69) is 32.4 Å². The highest BCUT2D eigenvalue weighted by Crippen LogP contribution is 2.45. The van der Waals surface area contributed by atoms with Crippen molar-refractivity contribution < 1.29 is 19.0 Å². The van der Waals surface area contributed by atoms with Crippen LogP contribution in [-0.2, 0) is 4.79 Å². The predicted octanol–water partition coefficient (Wildman–Crippen LogP) is 4.48. The first-order chi connectivity index (χ1) is 15.1. The topological polar surface area (TPSA) is 69.2 Å². The normalized spacial score (nSPS) is 13.7. The molecule has 1 N–H and O–H groups in total. The molecule has 1 aliphatic heterocycles. The summed E-state index contributed by atoms with van der Waals surface area (Å²) in [5.74, 6) is 6.07. The average Bonchev–Trinajstić information content (AvgIpc) is 3.32. The largest absolute Gasteiger partial charge is 0.493 e. The lowest BCUT2D eigenvalue weighted by atomic mass is 10.2. The lowest BCUT2D eigenvalue weighted by molar-refractivity contribution is -0.123. The van der Waals surface area contributed by atoms with Gasteiger partial charge in [0.25, 0.3) is 5.91 Å². The molecule has 0 radical (unpaired) electrons. The first kappa shape index (κ1) is 23.4. The number of amides is 1. The van der Waals surface area contributed by atoms with E-state index in [1.807, 2.05) is 47.8 Å². The number of benzene rings is 2. The fraction of sp³-hybridized carbons (Fsp3) is 0.273. The van der Waals surface area contributed by atoms with Crippen LogP contribution in [0.5, 0.6) is 17.2 Å². The minimum Gasteiger partial charge on any atom is -0.493 e. The zero-order valence-electron chi connectivity index (χ0n) is 16.8. The van der Waals surface area contributed by atoms with E-state index in [1.54, 1.807) is 12.1 Å². The van der Waals surface area contributed by atoms with Crippen LogP contribution in [0, 0.1) is 12.3 Å². The van der Waals surface area contributed by atoms with Crippen LogP contribution < -0.4 is 19.6 Å². The Labute approximate surface area is 198 Å². The Balaban J connectivity index is 1.50. The van der Waals surface area contributed by atoms with Crippen LogP contribution >= 0.6 is 39.5 Å². The Bertz CT molecular complexity index is 971. The van der Waals surface area contributed by atoms with Crippen LogP contribution in [0.15, 0.2) is 46.0 Å². The molecule has 1 amide bonds. The number of nitrogens with one attached hydrogen (secondary N) is 1. The molecule has 1 fully saturated rings. The number of carbonyl (C=O) groups is 1. The van der Waals surface area contributed by atoms with Crippen molar-refractivity contribution in [3.8, 4) is 29.6 Å². The summed E-state index contributed by atoms with van der Waals surface area (Å²) in [5.41, 5.74) is 4.42. The van der Waals surface area contributed by atoms with E-state index in [1.165, 1.54) is 30.4 Å². The van der Waals surface area contributed by atoms with E-state index in [4.69, 9.17) is 20.6 Å². The van der Waals surface area contributed by atoms with Crippen LogP contribution in [0.1, 0.15) is 15.7 Å². The van der Waals surface area contributed by atoms with E-state index >= 15 is 0 Å². The molecule has 0 aliphatic carbocycles. The van der Waals surface area contributed by atoms with Gasteiger partial charge >= 0.3 is 0 Å². The zero-order valence-corrected chi connectivity index (χ0v) is 20.0. The van der Waals surface area contributed by atoms with E-state index in [9.17, 15) is 4.79 Å². The molecule has 1 heterocycles. The number of hydrogen-bond donors (Lipinski definition) is 1. The maximum Gasteiger partial charge on any atom is 0.277 e. The van der Waals surface area contributed by atoms with Crippen molar-refractivity contribution in [2.75, 3.05) is 31.8 Å². The highest BCUT2D eigenvalue weighted by atomic mass is 79.9. The second-order valence-electron chi connectivity index (χ2n) is 6.24. The quantitative estimate of drug-likeness (QED) is 0.298. The second-order valence-corrected chi connectivity index (χ2v) is 9.82. The van der Waals surface area contributed by atoms with Crippen molar-refractivity contribution in [1.82, 2.24) is 5.43 Å². The fourth-order valence-electron chi connectivity index (χ4n) is 2.67. The lowest BCUT2D eigenvalue weighted by Crippen LogP contribution is -2.24. The number of halogens is 1. The van der Waals surface area contributed by atoms with Gasteiger partial charge in [0.1, 0.15) is 12.4 Å². The number of nitrogens with zero attached hydrogens (tertiary/aromatic N) is 1. The molecule has 1 saturated heterocycles. The fourth-order valence-corrected chi connectivity index (χ4v) is 5.95. The van der Waals surface area contributed by atoms with Gasteiger partial charge in [0.05, 0.1) is 17.9 Å². The number of ether oxygens (including phenoxy) is 3. The molecule has 0 unspecified atom stereocenters. The summed E-state index contributed by atoms with van der Waals surface area (Å²) in [6, 6.07) is 11.3. The Morgan fingerprint density at radius 3 is 2.68 bits per heavy atom. The number of rotatable bonds is 9. The van der Waals surface area contributed by atoms with E-state index < -0.39 is 0 Å². The standard InChI is InChI=1S/C22H21BrN2O4S2/c1-3-8-28-20-12-18(23)16(11-19(20)27-2)13-24-25-21(26)14-29-17-6-4-15(5-7-17)22-30-9-10-31-22/h1,4-7,11-13,22H,8-10,14H2,2H3,(H,25,26)/b24-13-. The summed E-state index contributed by atoms with van der Waals surface area (Å²) < 4.78 is 17.5. The van der Waals surface area contributed by atoms with Crippen LogP contribution in [0.2, 0.25) is 0 Å². The summed E-state index contributed by atoms with van der Waals surface area (Å²) in [6.07, 6.45) is 6.72. The molecular weight excluding hydrogens is 500 g/mol. The van der Waals surface area contributed by atoms with Crippen molar-refractivity contribution in [3.05, 3.63) is 52.0 Å². The summed E-state index contributed by atoms with van der Waals surface area (Å²) in [7, 11) is 1.53. The first-order valence-corrected chi connectivity index (χ1v) is 12.2. The van der Waals surface area contributed by atoms with E-state index in [0.717, 1.165) is 0 Å². The van der Waals surface area contributed by atoms with Crippen LogP contribution in [0.4, 0.5) is 0 Å². The molecule has 0 spiro atoms. The smallest absolute Gasteiger partial charge is 0.277 e. The summed E-state index contributed by atoms with van der Waals surface area (Å²) in [5, 5.41) is 3.98. The Hall–Kier alpha value is -2.28. The molecule has 162 valence electrons. The van der Waals surface area contributed by atoms with Crippen molar-refractivity contribution in [2.45, 2.75) is 4.58 Å². The molecule has 9 heteroatoms. The van der Waals surface area contributed by atoms with Crippen LogP contribution in [0.3, 0.4) is 0 Å². The van der Waals surface area contributed by atoms with Crippen LogP contribution in [0.25, 0.3) is 0 Å². The molecule has 31 heavy (non-hydrogen) atoms. The Morgan fingerprint density at radius 1 is 1.26 bits per heavy atom. The van der Waals surface area contributed by atoms with Gasteiger partial charge in [-0.15, -0.1) is 29.9 Å². The van der Waals surface area contributed by atoms with Gasteiger partial charge in [-0.2, -0.15) is 5.10 Å². The van der Waals surface area contributed by atoms with Gasteiger partial charge in [-0.25, -0.2) is 5.43 Å². The van der Waals surface area contributed by atoms with Gasteiger partial charge in [-0.3, -0.25) is 4.79 Å². The highest BCUT2D eigenvalue weighted by molar-refractivity contribution is 9.10. The molecule has 0 bridgehead atoms. The van der Waals surface area contributed by atoms with Gasteiger partial charge in [-0.1, -0.05) is 18.1 Å². The highest BCUT2D eigenvalue weighted by Gasteiger charge is 2.18. The van der Waals surface area contributed by atoms with Crippen LogP contribution in [-0.4, -0.2) is 44.0 Å². The van der Waals surface area contributed by atoms with Crippen molar-refractivity contribution >= 4 is 51.6 Å². The number of hydrazone groups is 1. The Kier molecular flexibility index (Phi) is 9.00. The van der Waals surface area contributed by atoms with Crippen molar-refractivity contribution in [2.24, 2.45) is 5.10 Å². The first-order valence-electron chi connectivity index (χ1n) is 9.32. The number of methoxy groups -OCH3 is 1. The molecular formula is C22H21BrN2O4S2. The lowest BCUT2D eigenvalue weighted by Gasteiger charge is -2.11. The number of hydrogen-bond acceptors (Lipinski definition) is 7. The zero-order chi connectivity index (χ0) is 22.1. The van der Waals surface area contributed by atoms with Gasteiger partial charge in [0, 0.05) is 21.5 Å². The van der Waals surface area contributed by atoms with E-state index in [-0.39, 0.29) is 19.1 Å². The van der Waals surface area contributed by atoms with Gasteiger partial charge < -0.3 is 14.2 Å². The monoisotopic (exact) mass is 520 g/mol. The maximum atomic E-state index is 12.0. The number of carbonyl (C=O) groups excluding carboxylic acids is 1. The summed E-state index contributed by atoms with van der Waals surface area (Å²) >= 11 is 7.34. The number of terminal acetylenes is 1. The maximum absolute atomic E-state index is 12.0. The minimum atomic E-state index is -0.362. The number of thioether (sulfide) groups is 2. The predicted molar refractivity (Wildman–Crippen MR) is 130 cm³/mol. The van der Waals surface area contributed by atoms with Crippen molar-refractivity contribution in [3.63, 3.8) is 0 Å². The summed E-state index contributed by atoms with van der Waals surface area (Å²) in [6.45, 7) is 0.000496. The van der Waals surface area contributed by atoms with E-state index in [0.29, 0.717) is 31.9 Å². The molecule has 0 aromatic heterocycles. The third-order valence-electron chi connectivity index (χ3n) is 4.13.